The van der Waals surface area contributed by atoms with E-state index in [4.69, 9.17) is 0 Å². The van der Waals surface area contributed by atoms with Gasteiger partial charge in [0.25, 0.3) is 5.56 Å². The lowest BCUT2D eigenvalue weighted by Crippen LogP contribution is -2.48. The average Bonchev–Trinajstić information content (AvgIpc) is 3.26. The molecule has 4 aromatic rings. The number of benzene rings is 2. The third-order valence-electron chi connectivity index (χ3n) is 5.42. The summed E-state index contributed by atoms with van der Waals surface area (Å²) >= 11 is 1.38. The largest absolute Gasteiger partial charge is 0.295 e. The standard InChI is InChI=1S/C22H21N5O3S2/c28-20-15-18(23-22-27(20)24-21(31-22)17-7-3-1-4-8-17)16-25-11-13-26(14-12-25)32(29,30)19-9-5-2-6-10-19/h1-10,15H,11-14,16H2. The monoisotopic (exact) mass is 467 g/mol. The van der Waals surface area contributed by atoms with Gasteiger partial charge in [-0.3, -0.25) is 9.69 Å². The SMILES string of the molecule is O=c1cc(CN2CCN(S(=O)(=O)c3ccccc3)CC2)nc2sc(-c3ccccc3)nn12. The van der Waals surface area contributed by atoms with Gasteiger partial charge >= 0.3 is 0 Å². The second-order valence-corrected chi connectivity index (χ2v) is 10.4. The molecule has 164 valence electrons. The van der Waals surface area contributed by atoms with Crippen molar-refractivity contribution in [2.24, 2.45) is 0 Å². The number of hydrogen-bond acceptors (Lipinski definition) is 7. The van der Waals surface area contributed by atoms with Crippen LogP contribution in [-0.2, 0) is 16.6 Å². The summed E-state index contributed by atoms with van der Waals surface area (Å²) in [5.41, 5.74) is 1.39. The van der Waals surface area contributed by atoms with Gasteiger partial charge in [-0.15, -0.1) is 0 Å². The summed E-state index contributed by atoms with van der Waals surface area (Å²) in [4.78, 5) is 20.2. The number of piperazine rings is 1. The van der Waals surface area contributed by atoms with Crippen LogP contribution in [0.5, 0.6) is 0 Å². The van der Waals surface area contributed by atoms with Crippen molar-refractivity contribution in [1.82, 2.24) is 23.8 Å². The highest BCUT2D eigenvalue weighted by Gasteiger charge is 2.28. The number of aromatic nitrogens is 3. The maximum atomic E-state index is 12.8. The summed E-state index contributed by atoms with van der Waals surface area (Å²) in [6.45, 7) is 2.44. The highest BCUT2D eigenvalue weighted by Crippen LogP contribution is 2.24. The molecular weight excluding hydrogens is 446 g/mol. The molecule has 0 amide bonds. The van der Waals surface area contributed by atoms with Gasteiger partial charge in [0.2, 0.25) is 15.0 Å². The van der Waals surface area contributed by atoms with Gasteiger partial charge in [0.1, 0.15) is 5.01 Å². The molecular formula is C22H21N5O3S2. The molecule has 5 rings (SSSR count). The Morgan fingerprint density at radius 1 is 0.906 bits per heavy atom. The highest BCUT2D eigenvalue weighted by molar-refractivity contribution is 7.89. The molecule has 10 heteroatoms. The molecule has 0 radical (unpaired) electrons. The molecule has 0 aliphatic carbocycles. The van der Waals surface area contributed by atoms with Crippen LogP contribution in [0, 0.1) is 0 Å². The lowest BCUT2D eigenvalue weighted by atomic mass is 10.2. The van der Waals surface area contributed by atoms with Crippen LogP contribution >= 0.6 is 11.3 Å². The summed E-state index contributed by atoms with van der Waals surface area (Å²) in [5, 5.41) is 5.15. The van der Waals surface area contributed by atoms with E-state index >= 15 is 0 Å². The first-order valence-corrected chi connectivity index (χ1v) is 12.5. The van der Waals surface area contributed by atoms with Gasteiger partial charge < -0.3 is 0 Å². The van der Waals surface area contributed by atoms with Crippen LogP contribution < -0.4 is 5.56 Å². The van der Waals surface area contributed by atoms with Crippen LogP contribution in [0.25, 0.3) is 15.5 Å². The molecule has 1 aliphatic rings. The Hall–Kier alpha value is -2.92. The van der Waals surface area contributed by atoms with Crippen LogP contribution in [0.4, 0.5) is 0 Å². The van der Waals surface area contributed by atoms with E-state index in [9.17, 15) is 13.2 Å². The highest BCUT2D eigenvalue weighted by atomic mass is 32.2. The van der Waals surface area contributed by atoms with E-state index in [1.807, 2.05) is 30.3 Å². The molecule has 0 spiro atoms. The van der Waals surface area contributed by atoms with Crippen molar-refractivity contribution in [3.05, 3.63) is 82.8 Å². The van der Waals surface area contributed by atoms with Crippen LogP contribution in [-0.4, -0.2) is 58.4 Å². The molecule has 1 aliphatic heterocycles. The van der Waals surface area contributed by atoms with Crippen molar-refractivity contribution in [3.8, 4) is 10.6 Å². The third kappa shape index (κ3) is 4.09. The maximum absolute atomic E-state index is 12.8. The first-order chi connectivity index (χ1) is 15.5. The van der Waals surface area contributed by atoms with Crippen LogP contribution in [0.1, 0.15) is 5.69 Å². The smallest absolute Gasteiger partial charge is 0.275 e. The fourth-order valence-electron chi connectivity index (χ4n) is 3.73. The molecule has 1 fully saturated rings. The predicted molar refractivity (Wildman–Crippen MR) is 123 cm³/mol. The summed E-state index contributed by atoms with van der Waals surface area (Å²) in [6.07, 6.45) is 0. The van der Waals surface area contributed by atoms with Crippen molar-refractivity contribution < 1.29 is 8.42 Å². The van der Waals surface area contributed by atoms with Crippen LogP contribution in [0.3, 0.4) is 0 Å². The van der Waals surface area contributed by atoms with Gasteiger partial charge in [-0.2, -0.15) is 13.9 Å². The number of hydrogen-bond donors (Lipinski definition) is 0. The van der Waals surface area contributed by atoms with Crippen molar-refractivity contribution in [3.63, 3.8) is 0 Å². The minimum absolute atomic E-state index is 0.214. The molecule has 0 saturated carbocycles. The molecule has 0 atom stereocenters. The van der Waals surface area contributed by atoms with Gasteiger partial charge in [-0.05, 0) is 12.1 Å². The van der Waals surface area contributed by atoms with Crippen LogP contribution in [0.2, 0.25) is 0 Å². The third-order valence-corrected chi connectivity index (χ3v) is 8.29. The first-order valence-electron chi connectivity index (χ1n) is 10.2. The molecule has 0 unspecified atom stereocenters. The Labute approximate surface area is 189 Å². The van der Waals surface area contributed by atoms with Crippen molar-refractivity contribution >= 4 is 26.3 Å². The summed E-state index contributed by atoms with van der Waals surface area (Å²) < 4.78 is 28.5. The van der Waals surface area contributed by atoms with E-state index in [2.05, 4.69) is 15.0 Å². The van der Waals surface area contributed by atoms with Gasteiger partial charge in [0.15, 0.2) is 0 Å². The zero-order valence-corrected chi connectivity index (χ0v) is 18.8. The van der Waals surface area contributed by atoms with E-state index in [1.165, 1.54) is 26.2 Å². The first kappa shape index (κ1) is 21.0. The topological polar surface area (TPSA) is 87.9 Å². The Morgan fingerprint density at radius 3 is 2.25 bits per heavy atom. The van der Waals surface area contributed by atoms with Crippen molar-refractivity contribution in [1.29, 1.82) is 0 Å². The van der Waals surface area contributed by atoms with Gasteiger partial charge in [-0.25, -0.2) is 13.4 Å². The summed E-state index contributed by atoms with van der Waals surface area (Å²) in [5.74, 6) is 0. The van der Waals surface area contributed by atoms with E-state index in [-0.39, 0.29) is 5.56 Å². The molecule has 3 heterocycles. The molecule has 32 heavy (non-hydrogen) atoms. The zero-order valence-electron chi connectivity index (χ0n) is 17.2. The molecule has 8 nitrogen and oxygen atoms in total. The van der Waals surface area contributed by atoms with Gasteiger partial charge in [0.05, 0.1) is 10.6 Å². The second-order valence-electron chi connectivity index (χ2n) is 7.55. The van der Waals surface area contributed by atoms with Gasteiger partial charge in [-0.1, -0.05) is 59.9 Å². The van der Waals surface area contributed by atoms with Crippen molar-refractivity contribution in [2.45, 2.75) is 11.4 Å². The Morgan fingerprint density at radius 2 is 1.56 bits per heavy atom. The zero-order chi connectivity index (χ0) is 22.1. The molecule has 2 aromatic heterocycles. The van der Waals surface area contributed by atoms with E-state index in [0.717, 1.165) is 10.6 Å². The van der Waals surface area contributed by atoms with E-state index in [0.29, 0.717) is 48.3 Å². The Balaban J connectivity index is 1.30. The number of sulfonamides is 1. The predicted octanol–water partition coefficient (Wildman–Crippen LogP) is 2.32. The molecule has 0 N–H and O–H groups in total. The molecule has 0 bridgehead atoms. The number of nitrogens with zero attached hydrogens (tertiary/aromatic N) is 5. The Kier molecular flexibility index (Phi) is 5.60. The lowest BCUT2D eigenvalue weighted by molar-refractivity contribution is 0.180. The van der Waals surface area contributed by atoms with E-state index < -0.39 is 10.0 Å². The summed E-state index contributed by atoms with van der Waals surface area (Å²) in [7, 11) is -3.49. The molecule has 2 aromatic carbocycles. The van der Waals surface area contributed by atoms with Crippen molar-refractivity contribution in [2.75, 3.05) is 26.2 Å². The van der Waals surface area contributed by atoms with E-state index in [1.54, 1.807) is 30.3 Å². The minimum atomic E-state index is -3.49. The fourth-order valence-corrected chi connectivity index (χ4v) is 6.11. The lowest BCUT2D eigenvalue weighted by Gasteiger charge is -2.33. The number of rotatable bonds is 5. The minimum Gasteiger partial charge on any atom is -0.295 e. The quantitative estimate of drug-likeness (QED) is 0.448. The number of fused-ring (bicyclic) bond motifs is 1. The Bertz CT molecular complexity index is 1390. The maximum Gasteiger partial charge on any atom is 0.275 e. The normalized spacial score (nSPS) is 15.9. The average molecular weight is 468 g/mol. The van der Waals surface area contributed by atoms with Crippen LogP contribution in [0.15, 0.2) is 76.4 Å². The molecule has 1 saturated heterocycles. The van der Waals surface area contributed by atoms with Gasteiger partial charge in [0, 0.05) is 44.4 Å². The second kappa shape index (κ2) is 8.55. The summed E-state index contributed by atoms with van der Waals surface area (Å²) in [6, 6.07) is 19.7. The fraction of sp³-hybridized carbons (Fsp3) is 0.227.